The molecule has 0 radical (unpaired) electrons. The van der Waals surface area contributed by atoms with Gasteiger partial charge in [0.2, 0.25) is 0 Å². The minimum Gasteiger partial charge on any atom is -0.299 e. The number of Topliss-reactive ketones (excluding diaryl/α,β-unsaturated/α-hetero) is 1. The fourth-order valence-corrected chi connectivity index (χ4v) is 11.2. The normalized spacial score (nSPS) is 58.5. The zero-order chi connectivity index (χ0) is 22.7. The van der Waals surface area contributed by atoms with Crippen LogP contribution in [0.4, 0.5) is 0 Å². The molecule has 0 heterocycles. The molecule has 0 bridgehead atoms. The number of carbonyl (C=O) groups is 1. The van der Waals surface area contributed by atoms with Gasteiger partial charge in [-0.05, 0) is 114 Å². The standard InChI is InChI=1S/C30H50O/c1-20-21(31)9-10-22-27(20,5)12-11-23-28(22,6)16-18-30(8)24-19-25(2,3)13-14-26(24,4)15-17-29(23,30)7/h20,22-24H,9-19H2,1-8H3/t20-,22-,23+,24-,26-,27-,28+,29-,30+/m1/s1. The van der Waals surface area contributed by atoms with Crippen molar-refractivity contribution in [2.75, 3.05) is 0 Å². The SMILES string of the molecule is C[C@@H]1C(=O)CC[C@@H]2[C@]1(C)CC[C@H]1[C@@]2(C)CC[C@@]2(C)[C@@H]3CC(C)(C)CC[C@]3(C)CC[C@]12C. The van der Waals surface area contributed by atoms with E-state index in [0.29, 0.717) is 32.9 Å². The monoisotopic (exact) mass is 426 g/mol. The summed E-state index contributed by atoms with van der Waals surface area (Å²) in [4.78, 5) is 12.7. The molecule has 5 aliphatic rings. The van der Waals surface area contributed by atoms with Crippen molar-refractivity contribution in [1.82, 2.24) is 0 Å². The Bertz CT molecular complexity index is 781. The summed E-state index contributed by atoms with van der Waals surface area (Å²) in [5.74, 6) is 3.27. The summed E-state index contributed by atoms with van der Waals surface area (Å²) >= 11 is 0. The zero-order valence-corrected chi connectivity index (χ0v) is 22.0. The maximum absolute atomic E-state index is 12.7. The lowest BCUT2D eigenvalue weighted by molar-refractivity contribution is -0.256. The van der Waals surface area contributed by atoms with Gasteiger partial charge >= 0.3 is 0 Å². The van der Waals surface area contributed by atoms with E-state index in [9.17, 15) is 4.79 Å². The van der Waals surface area contributed by atoms with Crippen LogP contribution in [-0.4, -0.2) is 5.78 Å². The molecule has 5 rings (SSSR count). The summed E-state index contributed by atoms with van der Waals surface area (Å²) in [6.45, 7) is 20.7. The van der Waals surface area contributed by atoms with Crippen LogP contribution in [0.15, 0.2) is 0 Å². The Balaban J connectivity index is 1.55. The first-order chi connectivity index (χ1) is 14.2. The maximum Gasteiger partial charge on any atom is 0.136 e. The third-order valence-corrected chi connectivity index (χ3v) is 13.7. The molecule has 0 saturated heterocycles. The smallest absolute Gasteiger partial charge is 0.136 e. The van der Waals surface area contributed by atoms with Crippen LogP contribution in [0, 0.1) is 56.2 Å². The summed E-state index contributed by atoms with van der Waals surface area (Å²) in [7, 11) is 0. The van der Waals surface area contributed by atoms with Crippen molar-refractivity contribution in [2.45, 2.75) is 126 Å². The Morgan fingerprint density at radius 3 is 1.97 bits per heavy atom. The van der Waals surface area contributed by atoms with Gasteiger partial charge < -0.3 is 0 Å². The van der Waals surface area contributed by atoms with Crippen molar-refractivity contribution >= 4 is 5.78 Å². The van der Waals surface area contributed by atoms with E-state index in [0.717, 1.165) is 30.6 Å². The average Bonchev–Trinajstić information content (AvgIpc) is 2.69. The Kier molecular flexibility index (Phi) is 4.65. The van der Waals surface area contributed by atoms with Crippen molar-refractivity contribution in [1.29, 1.82) is 0 Å². The lowest BCUT2D eigenvalue weighted by Gasteiger charge is -2.74. The molecule has 5 saturated carbocycles. The number of carbonyl (C=O) groups excluding carboxylic acids is 1. The van der Waals surface area contributed by atoms with Gasteiger partial charge in [-0.15, -0.1) is 0 Å². The summed E-state index contributed by atoms with van der Waals surface area (Å²) < 4.78 is 0. The van der Waals surface area contributed by atoms with Gasteiger partial charge in [0.15, 0.2) is 0 Å². The van der Waals surface area contributed by atoms with Crippen molar-refractivity contribution in [3.05, 3.63) is 0 Å². The number of fused-ring (bicyclic) bond motifs is 7. The first-order valence-corrected chi connectivity index (χ1v) is 13.7. The quantitative estimate of drug-likeness (QED) is 0.379. The van der Waals surface area contributed by atoms with Crippen LogP contribution >= 0.6 is 0 Å². The fourth-order valence-electron chi connectivity index (χ4n) is 11.2. The van der Waals surface area contributed by atoms with E-state index in [-0.39, 0.29) is 11.3 Å². The van der Waals surface area contributed by atoms with Crippen molar-refractivity contribution in [2.24, 2.45) is 56.2 Å². The highest BCUT2D eigenvalue weighted by molar-refractivity contribution is 5.82. The van der Waals surface area contributed by atoms with Crippen molar-refractivity contribution < 1.29 is 4.79 Å². The van der Waals surface area contributed by atoms with Gasteiger partial charge in [-0.25, -0.2) is 0 Å². The van der Waals surface area contributed by atoms with E-state index in [1.807, 2.05) is 0 Å². The number of hydrogen-bond acceptors (Lipinski definition) is 1. The van der Waals surface area contributed by atoms with E-state index in [1.54, 1.807) is 0 Å². The molecule has 0 aromatic carbocycles. The molecule has 5 aliphatic carbocycles. The van der Waals surface area contributed by atoms with Crippen LogP contribution < -0.4 is 0 Å². The van der Waals surface area contributed by atoms with Gasteiger partial charge in [0.25, 0.3) is 0 Å². The minimum absolute atomic E-state index is 0.237. The van der Waals surface area contributed by atoms with Crippen LogP contribution in [0.2, 0.25) is 0 Å². The molecule has 9 atom stereocenters. The third-order valence-electron chi connectivity index (χ3n) is 13.7. The molecule has 0 aromatic heterocycles. The molecule has 176 valence electrons. The van der Waals surface area contributed by atoms with Gasteiger partial charge in [0.1, 0.15) is 5.78 Å². The Hall–Kier alpha value is -0.330. The lowest BCUT2D eigenvalue weighted by Crippen LogP contribution is -2.67. The largest absolute Gasteiger partial charge is 0.299 e. The molecular weight excluding hydrogens is 376 g/mol. The number of hydrogen-bond donors (Lipinski definition) is 0. The van der Waals surface area contributed by atoms with Gasteiger partial charge in [-0.3, -0.25) is 4.79 Å². The average molecular weight is 427 g/mol. The second-order valence-corrected chi connectivity index (χ2v) is 15.3. The van der Waals surface area contributed by atoms with Gasteiger partial charge in [0.05, 0.1) is 0 Å². The summed E-state index contributed by atoms with van der Waals surface area (Å²) in [6.07, 6.45) is 14.6. The molecule has 0 unspecified atom stereocenters. The zero-order valence-electron chi connectivity index (χ0n) is 22.0. The molecule has 0 N–H and O–H groups in total. The molecule has 0 amide bonds. The Labute approximate surface area is 192 Å². The first-order valence-electron chi connectivity index (χ1n) is 13.7. The molecule has 0 aliphatic heterocycles. The third kappa shape index (κ3) is 2.70. The number of ketones is 1. The van der Waals surface area contributed by atoms with Gasteiger partial charge in [-0.2, -0.15) is 0 Å². The molecule has 1 heteroatoms. The predicted molar refractivity (Wildman–Crippen MR) is 130 cm³/mol. The highest BCUT2D eigenvalue weighted by atomic mass is 16.1. The maximum atomic E-state index is 12.7. The molecule has 1 nitrogen and oxygen atoms in total. The second kappa shape index (κ2) is 6.41. The van der Waals surface area contributed by atoms with Crippen molar-refractivity contribution in [3.63, 3.8) is 0 Å². The first kappa shape index (κ1) is 22.5. The molecule has 31 heavy (non-hydrogen) atoms. The van der Waals surface area contributed by atoms with Crippen LogP contribution in [0.1, 0.15) is 126 Å². The van der Waals surface area contributed by atoms with E-state index >= 15 is 0 Å². The van der Waals surface area contributed by atoms with Crippen LogP contribution in [0.5, 0.6) is 0 Å². The van der Waals surface area contributed by atoms with E-state index < -0.39 is 0 Å². The highest BCUT2D eigenvalue weighted by Gasteiger charge is 2.70. The van der Waals surface area contributed by atoms with Crippen molar-refractivity contribution in [3.8, 4) is 0 Å². The van der Waals surface area contributed by atoms with Gasteiger partial charge in [0, 0.05) is 12.3 Å². The topological polar surface area (TPSA) is 17.1 Å². The second-order valence-electron chi connectivity index (χ2n) is 15.3. The summed E-state index contributed by atoms with van der Waals surface area (Å²) in [5, 5.41) is 0. The lowest BCUT2D eigenvalue weighted by atomic mass is 9.30. The summed E-state index contributed by atoms with van der Waals surface area (Å²) in [5.41, 5.74) is 2.67. The molecule has 0 spiro atoms. The van der Waals surface area contributed by atoms with E-state index in [1.165, 1.54) is 57.8 Å². The van der Waals surface area contributed by atoms with Gasteiger partial charge in [-0.1, -0.05) is 55.4 Å². The fraction of sp³-hybridized carbons (Fsp3) is 0.967. The predicted octanol–water partition coefficient (Wildman–Crippen LogP) is 8.46. The Morgan fingerprint density at radius 1 is 0.645 bits per heavy atom. The highest BCUT2D eigenvalue weighted by Crippen LogP contribution is 2.78. The minimum atomic E-state index is 0.237. The Morgan fingerprint density at radius 2 is 1.26 bits per heavy atom. The van der Waals surface area contributed by atoms with E-state index in [2.05, 4.69) is 55.4 Å². The van der Waals surface area contributed by atoms with Crippen LogP contribution in [0.3, 0.4) is 0 Å². The van der Waals surface area contributed by atoms with Crippen LogP contribution in [-0.2, 0) is 4.79 Å². The molecule has 0 aromatic rings. The van der Waals surface area contributed by atoms with Crippen LogP contribution in [0.25, 0.3) is 0 Å². The number of rotatable bonds is 0. The molecular formula is C30H50O. The molecule has 5 fully saturated rings. The van der Waals surface area contributed by atoms with E-state index in [4.69, 9.17) is 0 Å². The summed E-state index contributed by atoms with van der Waals surface area (Å²) in [6, 6.07) is 0.